The van der Waals surface area contributed by atoms with Crippen LogP contribution in [0.15, 0.2) is 6.20 Å². The van der Waals surface area contributed by atoms with E-state index in [0.29, 0.717) is 8.98 Å². The predicted octanol–water partition coefficient (Wildman–Crippen LogP) is 2.34. The molecule has 1 heterocycles. The number of rotatable bonds is 0. The zero-order chi connectivity index (χ0) is 6.85. The minimum Gasteiger partial charge on any atom is -0.230 e. The van der Waals surface area contributed by atoms with E-state index in [2.05, 4.69) is 32.6 Å². The molecule has 9 heavy (non-hydrogen) atoms. The molecule has 0 unspecified atom stereocenters. The predicted molar refractivity (Wildman–Crippen MR) is 52.5 cm³/mol. The van der Waals surface area contributed by atoms with Crippen molar-refractivity contribution < 1.29 is 0 Å². The van der Waals surface area contributed by atoms with E-state index in [1.165, 1.54) is 0 Å². The molecule has 2 nitrogen and oxygen atoms in total. The third-order valence-corrected chi connectivity index (χ3v) is 2.59. The quantitative estimate of drug-likeness (QED) is 0.400. The van der Waals surface area contributed by atoms with Gasteiger partial charge in [-0.1, -0.05) is 11.6 Å². The van der Waals surface area contributed by atoms with Gasteiger partial charge in [0.1, 0.15) is 5.15 Å². The first-order valence-electron chi connectivity index (χ1n) is 2.03. The second-order valence-electron chi connectivity index (χ2n) is 1.28. The largest absolute Gasteiger partial charge is 0.230 e. The number of hydrogen-bond acceptors (Lipinski definition) is 2. The molecule has 1 aromatic heterocycles. The van der Waals surface area contributed by atoms with Gasteiger partial charge in [-0.05, 0) is 22.6 Å². The molecule has 0 N–H and O–H groups in total. The highest BCUT2D eigenvalue weighted by atomic mass is 127. The third kappa shape index (κ3) is 2.15. The van der Waals surface area contributed by atoms with E-state index in [1.807, 2.05) is 22.6 Å². The Labute approximate surface area is 84.7 Å². The van der Waals surface area contributed by atoms with Gasteiger partial charge in [-0.3, -0.25) is 0 Å². The lowest BCUT2D eigenvalue weighted by atomic mass is 10.7. The van der Waals surface area contributed by atoms with Crippen LogP contribution in [0.1, 0.15) is 0 Å². The van der Waals surface area contributed by atoms with Crippen LogP contribution in [0, 0.1) is 7.40 Å². The van der Waals surface area contributed by atoms with Crippen LogP contribution in [0.3, 0.4) is 0 Å². The molecule has 0 amide bonds. The van der Waals surface area contributed by atoms with Gasteiger partial charge in [0, 0.05) is 28.8 Å². The molecule has 0 aliphatic carbocycles. The summed E-state index contributed by atoms with van der Waals surface area (Å²) in [5.74, 6) is 0. The minimum atomic E-state index is 0.523. The molecule has 5 heteroatoms. The molecule has 0 fully saturated rings. The van der Waals surface area contributed by atoms with Crippen LogP contribution in [-0.2, 0) is 0 Å². The van der Waals surface area contributed by atoms with Crippen molar-refractivity contribution in [3.63, 3.8) is 0 Å². The van der Waals surface area contributed by atoms with E-state index >= 15 is 0 Å². The number of hydrogen-bond donors (Lipinski definition) is 0. The molecular weight excluding hydrogens is 365 g/mol. The molecule has 0 saturated heterocycles. The summed E-state index contributed by atoms with van der Waals surface area (Å²) in [6, 6.07) is 0. The lowest BCUT2D eigenvalue weighted by Crippen LogP contribution is -1.88. The van der Waals surface area contributed by atoms with Crippen molar-refractivity contribution in [1.29, 1.82) is 0 Å². The molecule has 0 atom stereocenters. The first-order valence-corrected chi connectivity index (χ1v) is 4.57. The fraction of sp³-hybridized carbons (Fsp3) is 0. The summed E-state index contributed by atoms with van der Waals surface area (Å²) in [5, 5.41) is 0.523. The van der Waals surface area contributed by atoms with Gasteiger partial charge < -0.3 is 0 Å². The van der Waals surface area contributed by atoms with Crippen molar-refractivity contribution in [2.45, 2.75) is 0 Å². The topological polar surface area (TPSA) is 25.8 Å². The maximum Gasteiger partial charge on any atom is 0.192 e. The summed E-state index contributed by atoms with van der Waals surface area (Å²) >= 11 is 9.74. The normalized spacial score (nSPS) is 9.67. The Balaban J connectivity index is 3.17. The Morgan fingerprint density at radius 3 is 2.56 bits per heavy atom. The summed E-state index contributed by atoms with van der Waals surface area (Å²) in [6.07, 6.45) is 1.69. The second kappa shape index (κ2) is 3.29. The summed E-state index contributed by atoms with van der Waals surface area (Å²) in [5.41, 5.74) is 0. The van der Waals surface area contributed by atoms with E-state index in [1.54, 1.807) is 6.20 Å². The van der Waals surface area contributed by atoms with Crippen molar-refractivity contribution in [3.8, 4) is 0 Å². The van der Waals surface area contributed by atoms with Gasteiger partial charge >= 0.3 is 0 Å². The van der Waals surface area contributed by atoms with Crippen LogP contribution < -0.4 is 0 Å². The molecule has 0 saturated carbocycles. The Morgan fingerprint density at radius 1 is 1.44 bits per heavy atom. The van der Waals surface area contributed by atoms with E-state index in [0.717, 1.165) is 3.57 Å². The lowest BCUT2D eigenvalue weighted by Gasteiger charge is -1.91. The van der Waals surface area contributed by atoms with Gasteiger partial charge in [-0.25, -0.2) is 9.97 Å². The second-order valence-corrected chi connectivity index (χ2v) is 3.76. The lowest BCUT2D eigenvalue weighted by molar-refractivity contribution is 1.09. The molecule has 0 aromatic carbocycles. The molecule has 0 radical (unpaired) electrons. The van der Waals surface area contributed by atoms with Crippen molar-refractivity contribution in [3.05, 3.63) is 18.8 Å². The molecule has 0 aliphatic rings. The van der Waals surface area contributed by atoms with E-state index < -0.39 is 0 Å². The summed E-state index contributed by atoms with van der Waals surface area (Å²) in [7, 11) is 0. The maximum absolute atomic E-state index is 5.65. The van der Waals surface area contributed by atoms with Crippen LogP contribution in [0.25, 0.3) is 0 Å². The highest BCUT2D eigenvalue weighted by Crippen LogP contribution is 2.14. The Hall–Kier alpha value is 0.830. The van der Waals surface area contributed by atoms with Gasteiger partial charge in [0.25, 0.3) is 0 Å². The van der Waals surface area contributed by atoms with E-state index in [-0.39, 0.29) is 0 Å². The van der Waals surface area contributed by atoms with Gasteiger partial charge in [-0.2, -0.15) is 0 Å². The number of halogens is 3. The fourth-order valence-electron chi connectivity index (χ4n) is 0.326. The van der Waals surface area contributed by atoms with E-state index in [4.69, 9.17) is 11.6 Å². The van der Waals surface area contributed by atoms with Crippen molar-refractivity contribution in [2.75, 3.05) is 0 Å². The molecule has 1 rings (SSSR count). The first kappa shape index (κ1) is 7.93. The monoisotopic (exact) mass is 366 g/mol. The standard InChI is InChI=1S/C4HClI2N2/c5-3-2(6)1-8-4(7)9-3/h1H. The summed E-state index contributed by atoms with van der Waals surface area (Å²) in [4.78, 5) is 7.83. The highest BCUT2D eigenvalue weighted by Gasteiger charge is 1.97. The average Bonchev–Trinajstić information content (AvgIpc) is 1.80. The van der Waals surface area contributed by atoms with Gasteiger partial charge in [0.15, 0.2) is 3.83 Å². The number of aromatic nitrogens is 2. The van der Waals surface area contributed by atoms with Crippen LogP contribution >= 0.6 is 56.8 Å². The van der Waals surface area contributed by atoms with E-state index in [9.17, 15) is 0 Å². The van der Waals surface area contributed by atoms with Crippen LogP contribution in [0.2, 0.25) is 5.15 Å². The molecule has 0 spiro atoms. The number of nitrogens with zero attached hydrogens (tertiary/aromatic N) is 2. The smallest absolute Gasteiger partial charge is 0.192 e. The molecule has 0 bridgehead atoms. The summed E-state index contributed by atoms with van der Waals surface area (Å²) < 4.78 is 1.56. The molecule has 1 aromatic rings. The minimum absolute atomic E-state index is 0.523. The Kier molecular flexibility index (Phi) is 2.90. The molecule has 48 valence electrons. The zero-order valence-electron chi connectivity index (χ0n) is 4.11. The Bertz CT molecular complexity index is 228. The first-order chi connectivity index (χ1) is 4.20. The van der Waals surface area contributed by atoms with Gasteiger partial charge in [0.05, 0.1) is 3.57 Å². The van der Waals surface area contributed by atoms with Crippen LogP contribution in [0.4, 0.5) is 0 Å². The summed E-state index contributed by atoms with van der Waals surface area (Å²) in [6.45, 7) is 0. The molecule has 0 aliphatic heterocycles. The van der Waals surface area contributed by atoms with Crippen molar-refractivity contribution in [2.24, 2.45) is 0 Å². The highest BCUT2D eigenvalue weighted by molar-refractivity contribution is 14.1. The zero-order valence-corrected chi connectivity index (χ0v) is 9.18. The van der Waals surface area contributed by atoms with Gasteiger partial charge in [-0.15, -0.1) is 0 Å². The average molecular weight is 366 g/mol. The van der Waals surface area contributed by atoms with Crippen molar-refractivity contribution >= 4 is 56.8 Å². The van der Waals surface area contributed by atoms with Crippen molar-refractivity contribution in [1.82, 2.24) is 9.97 Å². The SMILES string of the molecule is Clc1nc(I)ncc1I. The van der Waals surface area contributed by atoms with Crippen LogP contribution in [0.5, 0.6) is 0 Å². The third-order valence-electron chi connectivity index (χ3n) is 0.672. The fourth-order valence-corrected chi connectivity index (χ4v) is 1.24. The van der Waals surface area contributed by atoms with Gasteiger partial charge in [0.2, 0.25) is 0 Å². The molecular formula is C4HClI2N2. The van der Waals surface area contributed by atoms with Crippen LogP contribution in [-0.4, -0.2) is 9.97 Å². The Morgan fingerprint density at radius 2 is 2.11 bits per heavy atom. The maximum atomic E-state index is 5.65.